The van der Waals surface area contributed by atoms with Crippen LogP contribution in [0.2, 0.25) is 5.02 Å². The van der Waals surface area contributed by atoms with E-state index in [1.807, 2.05) is 0 Å². The summed E-state index contributed by atoms with van der Waals surface area (Å²) in [4.78, 5) is 22.1. The largest absolute Gasteiger partial charge is 0.416 e. The molecule has 39 heavy (non-hydrogen) atoms. The van der Waals surface area contributed by atoms with E-state index < -0.39 is 11.7 Å². The Morgan fingerprint density at radius 1 is 1.23 bits per heavy atom. The molecule has 3 aliphatic heterocycles. The number of nitrogens with zero attached hydrogens (tertiary/aromatic N) is 3. The van der Waals surface area contributed by atoms with Gasteiger partial charge in [-0.3, -0.25) is 9.69 Å². The SMILES string of the molecule is COCCN1C[C@@H]2C[C@H]1CN2C1=NC(=O)/C(=C/c2ccc(NCc3ccc(Cl)cc3C(F)(F)F)c(C=N)c2)S1. The van der Waals surface area contributed by atoms with Crippen molar-refractivity contribution in [3.63, 3.8) is 0 Å². The van der Waals surface area contributed by atoms with Crippen molar-refractivity contribution in [2.45, 2.75) is 31.2 Å². The topological polar surface area (TPSA) is 81.0 Å². The highest BCUT2D eigenvalue weighted by atomic mass is 35.5. The van der Waals surface area contributed by atoms with Gasteiger partial charge in [-0.1, -0.05) is 23.7 Å². The molecule has 1 amide bonds. The molecule has 0 saturated carbocycles. The number of piperazine rings is 1. The molecule has 206 valence electrons. The highest BCUT2D eigenvalue weighted by Crippen LogP contribution is 2.38. The first-order valence-corrected chi connectivity index (χ1v) is 13.6. The standard InChI is InChI=1S/C27H27ClF3N5O2S/c1-38-7-6-35-14-21-11-20(35)15-36(21)26-34-25(37)24(39-26)9-16-2-5-23(18(8-16)12-32)33-13-17-3-4-19(28)10-22(17)27(29,30)31/h2-5,8-10,12,20-21,32-33H,6-7,11,13-15H2,1H3/b24-9-,32-12?/t20-,21-/m0/s1. The van der Waals surface area contributed by atoms with Crippen molar-refractivity contribution in [2.75, 3.05) is 38.7 Å². The molecule has 3 heterocycles. The number of thioether (sulfide) groups is 1. The van der Waals surface area contributed by atoms with E-state index >= 15 is 0 Å². The van der Waals surface area contributed by atoms with E-state index in [1.54, 1.807) is 31.4 Å². The number of halogens is 4. The molecule has 2 bridgehead atoms. The second-order valence-electron chi connectivity index (χ2n) is 9.64. The van der Waals surface area contributed by atoms with Gasteiger partial charge in [0.25, 0.3) is 5.91 Å². The van der Waals surface area contributed by atoms with Crippen LogP contribution in [0.5, 0.6) is 0 Å². The minimum Gasteiger partial charge on any atom is -0.383 e. The van der Waals surface area contributed by atoms with Crippen LogP contribution < -0.4 is 5.32 Å². The number of benzene rings is 2. The number of amidine groups is 1. The summed E-state index contributed by atoms with van der Waals surface area (Å²) in [5.74, 6) is -0.296. The summed E-state index contributed by atoms with van der Waals surface area (Å²) < 4.78 is 45.5. The number of carbonyl (C=O) groups is 1. The average Bonchev–Trinajstić information content (AvgIpc) is 3.61. The van der Waals surface area contributed by atoms with Gasteiger partial charge >= 0.3 is 6.18 Å². The van der Waals surface area contributed by atoms with Crippen LogP contribution in [0.15, 0.2) is 46.3 Å². The summed E-state index contributed by atoms with van der Waals surface area (Å²) in [6, 6.07) is 9.59. The Labute approximate surface area is 233 Å². The lowest BCUT2D eigenvalue weighted by Gasteiger charge is -2.34. The monoisotopic (exact) mass is 577 g/mol. The van der Waals surface area contributed by atoms with E-state index in [-0.39, 0.29) is 23.0 Å². The third kappa shape index (κ3) is 6.01. The molecule has 7 nitrogen and oxygen atoms in total. The van der Waals surface area contributed by atoms with E-state index in [9.17, 15) is 18.0 Å². The van der Waals surface area contributed by atoms with Crippen LogP contribution in [0.3, 0.4) is 0 Å². The number of nitrogens with one attached hydrogen (secondary N) is 2. The quantitative estimate of drug-likeness (QED) is 0.325. The van der Waals surface area contributed by atoms with Crippen LogP contribution >= 0.6 is 23.4 Å². The zero-order chi connectivity index (χ0) is 27.7. The molecule has 0 aromatic heterocycles. The molecule has 2 N–H and O–H groups in total. The Hall–Kier alpha value is -2.86. The molecule has 12 heteroatoms. The molecule has 2 aromatic rings. The molecule has 0 spiro atoms. The van der Waals surface area contributed by atoms with Gasteiger partial charge in [0.1, 0.15) is 0 Å². The number of rotatable bonds is 8. The molecule has 2 saturated heterocycles. The second kappa shape index (κ2) is 11.3. The van der Waals surface area contributed by atoms with Crippen LogP contribution in [0.1, 0.15) is 28.7 Å². The number of ether oxygens (including phenoxy) is 1. The maximum atomic E-state index is 13.4. The average molecular weight is 578 g/mol. The zero-order valence-corrected chi connectivity index (χ0v) is 22.7. The Kier molecular flexibility index (Phi) is 8.04. The molecule has 2 aromatic carbocycles. The van der Waals surface area contributed by atoms with E-state index in [1.165, 1.54) is 23.9 Å². The van der Waals surface area contributed by atoms with Gasteiger partial charge < -0.3 is 20.4 Å². The molecule has 3 aliphatic rings. The summed E-state index contributed by atoms with van der Waals surface area (Å²) in [6.07, 6.45) is -0.625. The van der Waals surface area contributed by atoms with Crippen molar-refractivity contribution >= 4 is 52.4 Å². The Morgan fingerprint density at radius 2 is 2.05 bits per heavy atom. The highest BCUT2D eigenvalue weighted by Gasteiger charge is 2.45. The van der Waals surface area contributed by atoms with Crippen LogP contribution in [0, 0.1) is 5.41 Å². The first kappa shape index (κ1) is 27.7. The molecule has 0 unspecified atom stereocenters. The molecule has 0 aliphatic carbocycles. The number of methoxy groups -OCH3 is 1. The third-order valence-corrected chi connectivity index (χ3v) is 8.42. The summed E-state index contributed by atoms with van der Waals surface area (Å²) in [5, 5.41) is 11.5. The minimum absolute atomic E-state index is 0.0106. The predicted molar refractivity (Wildman–Crippen MR) is 148 cm³/mol. The van der Waals surface area contributed by atoms with Crippen LogP contribution in [-0.2, 0) is 22.3 Å². The smallest absolute Gasteiger partial charge is 0.383 e. The van der Waals surface area contributed by atoms with E-state index in [4.69, 9.17) is 21.7 Å². The second-order valence-corrected chi connectivity index (χ2v) is 11.1. The van der Waals surface area contributed by atoms with Gasteiger partial charge in [-0.15, -0.1) is 0 Å². The lowest BCUT2D eigenvalue weighted by Crippen LogP contribution is -2.48. The molecule has 2 atom stereocenters. The van der Waals surface area contributed by atoms with Crippen LogP contribution in [0.25, 0.3) is 6.08 Å². The first-order valence-electron chi connectivity index (χ1n) is 12.4. The van der Waals surface area contributed by atoms with Gasteiger partial charge in [0.2, 0.25) is 0 Å². The number of hydrogen-bond acceptors (Lipinski definition) is 7. The van der Waals surface area contributed by atoms with E-state index in [0.29, 0.717) is 40.4 Å². The maximum Gasteiger partial charge on any atom is 0.416 e. The highest BCUT2D eigenvalue weighted by molar-refractivity contribution is 8.18. The van der Waals surface area contributed by atoms with Crippen molar-refractivity contribution in [2.24, 2.45) is 4.99 Å². The number of aliphatic imine (C=N–C) groups is 1. The number of amides is 1. The summed E-state index contributed by atoms with van der Waals surface area (Å²) in [6.45, 7) is 3.27. The number of hydrogen-bond donors (Lipinski definition) is 2. The number of fused-ring (bicyclic) bond motifs is 2. The molecular weight excluding hydrogens is 551 g/mol. The Bertz CT molecular complexity index is 1350. The predicted octanol–water partition coefficient (Wildman–Crippen LogP) is 5.34. The summed E-state index contributed by atoms with van der Waals surface area (Å²) >= 11 is 7.13. The van der Waals surface area contributed by atoms with E-state index in [0.717, 1.165) is 43.5 Å². The van der Waals surface area contributed by atoms with Crippen LogP contribution in [-0.4, -0.2) is 72.5 Å². The maximum absolute atomic E-state index is 13.4. The Balaban J connectivity index is 1.25. The number of carbonyl (C=O) groups excluding carboxylic acids is 1. The summed E-state index contributed by atoms with van der Waals surface area (Å²) in [5.41, 5.74) is 0.925. The van der Waals surface area contributed by atoms with Crippen molar-refractivity contribution in [1.82, 2.24) is 9.80 Å². The van der Waals surface area contributed by atoms with Crippen molar-refractivity contribution < 1.29 is 22.7 Å². The Morgan fingerprint density at radius 3 is 2.74 bits per heavy atom. The third-order valence-electron chi connectivity index (χ3n) is 7.17. The van der Waals surface area contributed by atoms with Crippen molar-refractivity contribution in [3.8, 4) is 0 Å². The first-order chi connectivity index (χ1) is 18.7. The van der Waals surface area contributed by atoms with Gasteiger partial charge in [0.05, 0.1) is 17.1 Å². The van der Waals surface area contributed by atoms with Gasteiger partial charge in [-0.05, 0) is 59.7 Å². The van der Waals surface area contributed by atoms with Crippen LogP contribution in [0.4, 0.5) is 18.9 Å². The molecule has 2 fully saturated rings. The summed E-state index contributed by atoms with van der Waals surface area (Å²) in [7, 11) is 1.70. The molecular formula is C27H27ClF3N5O2S. The zero-order valence-electron chi connectivity index (χ0n) is 21.1. The van der Waals surface area contributed by atoms with Crippen molar-refractivity contribution in [1.29, 1.82) is 5.41 Å². The van der Waals surface area contributed by atoms with E-state index in [2.05, 4.69) is 20.1 Å². The lowest BCUT2D eigenvalue weighted by atomic mass is 10.1. The number of anilines is 1. The minimum atomic E-state index is -4.53. The van der Waals surface area contributed by atoms with Gasteiger partial charge in [0, 0.05) is 67.9 Å². The van der Waals surface area contributed by atoms with Crippen molar-refractivity contribution in [3.05, 3.63) is 68.6 Å². The van der Waals surface area contributed by atoms with Gasteiger partial charge in [-0.25, -0.2) is 0 Å². The fourth-order valence-corrected chi connectivity index (χ4v) is 6.41. The fourth-order valence-electron chi connectivity index (χ4n) is 5.25. The van der Waals surface area contributed by atoms with Gasteiger partial charge in [-0.2, -0.15) is 18.2 Å². The molecule has 5 rings (SSSR count). The molecule has 0 radical (unpaired) electrons. The number of likely N-dealkylation sites (tertiary alicyclic amines) is 2. The van der Waals surface area contributed by atoms with Gasteiger partial charge in [0.15, 0.2) is 5.17 Å². The lowest BCUT2D eigenvalue weighted by molar-refractivity contribution is -0.138. The number of alkyl halides is 3. The normalized spacial score (nSPS) is 22.2. The fraction of sp³-hybridized carbons (Fsp3) is 0.370.